The highest BCUT2D eigenvalue weighted by atomic mass is 19.2. The van der Waals surface area contributed by atoms with E-state index in [9.17, 15) is 13.6 Å². The lowest BCUT2D eigenvalue weighted by atomic mass is 10.1. The van der Waals surface area contributed by atoms with Gasteiger partial charge < -0.3 is 5.11 Å². The highest BCUT2D eigenvalue weighted by molar-refractivity contribution is 5.69. The Morgan fingerprint density at radius 2 is 2.22 bits per heavy atom. The van der Waals surface area contributed by atoms with E-state index in [1.807, 2.05) is 0 Å². The molecule has 0 aliphatic heterocycles. The quantitative estimate of drug-likeness (QED) is 0.794. The summed E-state index contributed by atoms with van der Waals surface area (Å²) in [6.07, 6.45) is 1.52. The summed E-state index contributed by atoms with van der Waals surface area (Å²) < 4.78 is 26.7. The third kappa shape index (κ3) is 3.37. The van der Waals surface area contributed by atoms with E-state index in [-0.39, 0.29) is 18.7 Å². The molecule has 0 amide bonds. The Hall–Kier alpha value is -1.75. The van der Waals surface area contributed by atoms with Crippen LogP contribution in [0.1, 0.15) is 18.5 Å². The van der Waals surface area contributed by atoms with E-state index in [4.69, 9.17) is 5.11 Å². The van der Waals surface area contributed by atoms with E-state index in [1.54, 1.807) is 6.92 Å². The summed E-state index contributed by atoms with van der Waals surface area (Å²) in [4.78, 5) is 12.2. The van der Waals surface area contributed by atoms with Crippen molar-refractivity contribution in [2.45, 2.75) is 13.0 Å². The summed E-state index contributed by atoms with van der Waals surface area (Å²) in [6.45, 7) is 5.17. The SMILES string of the molecule is C=CCN(CC(=O)O)C(C)c1cccc(F)c1F. The van der Waals surface area contributed by atoms with E-state index in [0.717, 1.165) is 6.07 Å². The number of carboxylic acid groups (broad SMARTS) is 1. The number of hydrogen-bond acceptors (Lipinski definition) is 2. The zero-order chi connectivity index (χ0) is 13.7. The second-order valence-corrected chi connectivity index (χ2v) is 3.93. The maximum atomic E-state index is 13.6. The Balaban J connectivity index is 3.00. The number of hydrogen-bond donors (Lipinski definition) is 1. The molecule has 0 aliphatic carbocycles. The molecule has 3 nitrogen and oxygen atoms in total. The van der Waals surface area contributed by atoms with Crippen molar-refractivity contribution < 1.29 is 18.7 Å². The molecular weight excluding hydrogens is 240 g/mol. The summed E-state index contributed by atoms with van der Waals surface area (Å²) in [5.74, 6) is -2.90. The van der Waals surface area contributed by atoms with Crippen LogP contribution in [0.5, 0.6) is 0 Å². The predicted octanol–water partition coefficient (Wildman–Crippen LogP) is 2.60. The maximum Gasteiger partial charge on any atom is 0.317 e. The molecule has 0 spiro atoms. The number of nitrogens with zero attached hydrogens (tertiary/aromatic N) is 1. The van der Waals surface area contributed by atoms with Crippen LogP contribution in [0.15, 0.2) is 30.9 Å². The molecular formula is C13H15F2NO2. The lowest BCUT2D eigenvalue weighted by Crippen LogP contribution is -2.33. The standard InChI is InChI=1S/C13H15F2NO2/c1-3-7-16(8-12(17)18)9(2)10-5-4-6-11(14)13(10)15/h3-6,9H,1,7-8H2,2H3,(H,17,18). The van der Waals surface area contributed by atoms with Gasteiger partial charge in [-0.3, -0.25) is 9.69 Å². The van der Waals surface area contributed by atoms with E-state index in [2.05, 4.69) is 6.58 Å². The monoisotopic (exact) mass is 255 g/mol. The molecule has 0 saturated carbocycles. The Kier molecular flexibility index (Phi) is 4.97. The van der Waals surface area contributed by atoms with Gasteiger partial charge in [-0.2, -0.15) is 0 Å². The minimum atomic E-state index is -1.03. The fourth-order valence-electron chi connectivity index (χ4n) is 1.74. The first-order chi connectivity index (χ1) is 8.47. The van der Waals surface area contributed by atoms with Gasteiger partial charge in [0.05, 0.1) is 6.54 Å². The minimum Gasteiger partial charge on any atom is -0.480 e. The number of carbonyl (C=O) groups is 1. The van der Waals surface area contributed by atoms with Gasteiger partial charge in [0.1, 0.15) is 0 Å². The van der Waals surface area contributed by atoms with Gasteiger partial charge in [0.2, 0.25) is 0 Å². The van der Waals surface area contributed by atoms with Gasteiger partial charge in [-0.1, -0.05) is 18.2 Å². The van der Waals surface area contributed by atoms with Gasteiger partial charge in [0.15, 0.2) is 11.6 Å². The average Bonchev–Trinajstić information content (AvgIpc) is 2.31. The molecule has 0 radical (unpaired) electrons. The van der Waals surface area contributed by atoms with Crippen LogP contribution in [0.2, 0.25) is 0 Å². The first-order valence-corrected chi connectivity index (χ1v) is 5.48. The summed E-state index contributed by atoms with van der Waals surface area (Å²) in [5.41, 5.74) is 0.137. The summed E-state index contributed by atoms with van der Waals surface area (Å²) >= 11 is 0. The molecule has 5 heteroatoms. The van der Waals surface area contributed by atoms with Gasteiger partial charge in [-0.15, -0.1) is 6.58 Å². The normalized spacial score (nSPS) is 12.4. The first kappa shape index (κ1) is 14.3. The largest absolute Gasteiger partial charge is 0.480 e. The lowest BCUT2D eigenvalue weighted by Gasteiger charge is -2.26. The van der Waals surface area contributed by atoms with Crippen molar-refractivity contribution in [1.82, 2.24) is 4.90 Å². The molecule has 0 bridgehead atoms. The fourth-order valence-corrected chi connectivity index (χ4v) is 1.74. The lowest BCUT2D eigenvalue weighted by molar-refractivity contribution is -0.138. The average molecular weight is 255 g/mol. The van der Waals surface area contributed by atoms with Crippen molar-refractivity contribution in [3.05, 3.63) is 48.1 Å². The Bertz CT molecular complexity index is 449. The Morgan fingerprint density at radius 1 is 1.56 bits per heavy atom. The topological polar surface area (TPSA) is 40.5 Å². The molecule has 98 valence electrons. The van der Waals surface area contributed by atoms with Crippen molar-refractivity contribution in [3.63, 3.8) is 0 Å². The molecule has 0 aromatic heterocycles. The van der Waals surface area contributed by atoms with Gasteiger partial charge in [-0.25, -0.2) is 8.78 Å². The van der Waals surface area contributed by atoms with E-state index in [1.165, 1.54) is 23.1 Å². The van der Waals surface area contributed by atoms with E-state index < -0.39 is 23.6 Å². The van der Waals surface area contributed by atoms with E-state index >= 15 is 0 Å². The fraction of sp³-hybridized carbons (Fsp3) is 0.308. The molecule has 0 aliphatic rings. The maximum absolute atomic E-state index is 13.6. The molecule has 0 heterocycles. The highest BCUT2D eigenvalue weighted by Gasteiger charge is 2.21. The molecule has 0 saturated heterocycles. The molecule has 1 aromatic carbocycles. The van der Waals surface area contributed by atoms with Crippen LogP contribution in [-0.2, 0) is 4.79 Å². The Labute approximate surface area is 104 Å². The van der Waals surface area contributed by atoms with Crippen molar-refractivity contribution in [1.29, 1.82) is 0 Å². The van der Waals surface area contributed by atoms with Gasteiger partial charge in [0.25, 0.3) is 0 Å². The molecule has 0 fully saturated rings. The molecule has 18 heavy (non-hydrogen) atoms. The van der Waals surface area contributed by atoms with Crippen molar-refractivity contribution >= 4 is 5.97 Å². The number of carboxylic acids is 1. The van der Waals surface area contributed by atoms with Crippen molar-refractivity contribution in [3.8, 4) is 0 Å². The summed E-state index contributed by atoms with van der Waals surface area (Å²) in [7, 11) is 0. The first-order valence-electron chi connectivity index (χ1n) is 5.48. The number of rotatable bonds is 6. The van der Waals surface area contributed by atoms with Gasteiger partial charge in [-0.05, 0) is 13.0 Å². The van der Waals surface area contributed by atoms with E-state index in [0.29, 0.717) is 0 Å². The zero-order valence-corrected chi connectivity index (χ0v) is 10.1. The molecule has 1 rings (SSSR count). The van der Waals surface area contributed by atoms with Gasteiger partial charge in [0, 0.05) is 18.2 Å². The van der Waals surface area contributed by atoms with Crippen molar-refractivity contribution in [2.75, 3.05) is 13.1 Å². The van der Waals surface area contributed by atoms with Crippen LogP contribution in [0, 0.1) is 11.6 Å². The zero-order valence-electron chi connectivity index (χ0n) is 10.1. The third-order valence-electron chi connectivity index (χ3n) is 2.68. The minimum absolute atomic E-state index is 0.137. The van der Waals surface area contributed by atoms with Gasteiger partial charge >= 0.3 is 5.97 Å². The smallest absolute Gasteiger partial charge is 0.317 e. The molecule has 1 aromatic rings. The molecule has 1 atom stereocenters. The van der Waals surface area contributed by atoms with Crippen LogP contribution in [0.25, 0.3) is 0 Å². The summed E-state index contributed by atoms with van der Waals surface area (Å²) in [6, 6.07) is 3.33. The molecule has 1 unspecified atom stereocenters. The Morgan fingerprint density at radius 3 is 2.78 bits per heavy atom. The molecule has 1 N–H and O–H groups in total. The van der Waals surface area contributed by atoms with Crippen LogP contribution in [-0.4, -0.2) is 29.1 Å². The van der Waals surface area contributed by atoms with Crippen LogP contribution < -0.4 is 0 Å². The summed E-state index contributed by atoms with van der Waals surface area (Å²) in [5, 5.41) is 8.79. The number of benzene rings is 1. The third-order valence-corrected chi connectivity index (χ3v) is 2.68. The van der Waals surface area contributed by atoms with Crippen LogP contribution in [0.3, 0.4) is 0 Å². The second kappa shape index (κ2) is 6.26. The number of halogens is 2. The van der Waals surface area contributed by atoms with Crippen LogP contribution in [0.4, 0.5) is 8.78 Å². The highest BCUT2D eigenvalue weighted by Crippen LogP contribution is 2.24. The second-order valence-electron chi connectivity index (χ2n) is 3.93. The van der Waals surface area contributed by atoms with Crippen molar-refractivity contribution in [2.24, 2.45) is 0 Å². The van der Waals surface area contributed by atoms with Crippen LogP contribution >= 0.6 is 0 Å². The predicted molar refractivity (Wildman–Crippen MR) is 64.2 cm³/mol. The number of aliphatic carboxylic acids is 1.